The molecular weight excluding hydrogens is 405 g/mol. The van der Waals surface area contributed by atoms with Crippen molar-refractivity contribution in [3.8, 4) is 17.6 Å². The number of ether oxygens (including phenoxy) is 1. The van der Waals surface area contributed by atoms with Gasteiger partial charge < -0.3 is 4.74 Å². The zero-order chi connectivity index (χ0) is 19.9. The minimum absolute atomic E-state index is 0.0255. The number of para-hydroxylation sites is 1. The Hall–Kier alpha value is -1.97. The first kappa shape index (κ1) is 21.3. The molecule has 2 rings (SSSR count). The second kappa shape index (κ2) is 9.82. The molecule has 0 saturated carbocycles. The number of hydrogen-bond donors (Lipinski definition) is 1. The van der Waals surface area contributed by atoms with Crippen LogP contribution in [0.1, 0.15) is 11.1 Å². The van der Waals surface area contributed by atoms with E-state index in [-0.39, 0.29) is 23.1 Å². The number of hydrogen-bond acceptors (Lipinski definition) is 3. The Morgan fingerprint density at radius 1 is 1.19 bits per heavy atom. The molecular formula is C20H19Cl2NO3S. The van der Waals surface area contributed by atoms with Crippen molar-refractivity contribution in [1.82, 2.24) is 4.72 Å². The van der Waals surface area contributed by atoms with E-state index in [2.05, 4.69) is 23.1 Å². The summed E-state index contributed by atoms with van der Waals surface area (Å²) in [6.45, 7) is 5.52. The van der Waals surface area contributed by atoms with Gasteiger partial charge in [-0.3, -0.25) is 0 Å². The number of aryl methyl sites for hydroxylation is 1. The van der Waals surface area contributed by atoms with Crippen LogP contribution in [0.4, 0.5) is 0 Å². The molecule has 0 bridgehead atoms. The van der Waals surface area contributed by atoms with Gasteiger partial charge >= 0.3 is 0 Å². The number of rotatable bonds is 7. The summed E-state index contributed by atoms with van der Waals surface area (Å²) in [7, 11) is -3.78. The first-order valence-electron chi connectivity index (χ1n) is 8.08. The molecule has 0 aliphatic heterocycles. The minimum Gasteiger partial charge on any atom is -0.481 e. The second-order valence-corrected chi connectivity index (χ2v) is 8.15. The quantitative estimate of drug-likeness (QED) is 0.530. The Morgan fingerprint density at radius 3 is 2.67 bits per heavy atom. The van der Waals surface area contributed by atoms with Gasteiger partial charge in [-0.1, -0.05) is 59.3 Å². The third kappa shape index (κ3) is 6.02. The highest BCUT2D eigenvalue weighted by Crippen LogP contribution is 2.27. The molecule has 2 aromatic rings. The van der Waals surface area contributed by atoms with Gasteiger partial charge in [-0.15, -0.1) is 6.58 Å². The number of sulfonamides is 1. The molecule has 2 aromatic carbocycles. The molecule has 0 spiro atoms. The van der Waals surface area contributed by atoms with Gasteiger partial charge in [0.25, 0.3) is 0 Å². The molecule has 0 amide bonds. The molecule has 27 heavy (non-hydrogen) atoms. The van der Waals surface area contributed by atoms with Crippen LogP contribution in [0.3, 0.4) is 0 Å². The summed E-state index contributed by atoms with van der Waals surface area (Å²) >= 11 is 11.9. The summed E-state index contributed by atoms with van der Waals surface area (Å²) < 4.78 is 32.7. The molecule has 0 aliphatic carbocycles. The van der Waals surface area contributed by atoms with Crippen LogP contribution in [0.5, 0.6) is 5.75 Å². The van der Waals surface area contributed by atoms with E-state index in [1.807, 2.05) is 24.3 Å². The number of halogens is 2. The molecule has 0 saturated heterocycles. The lowest BCUT2D eigenvalue weighted by molar-refractivity contribution is 0.366. The van der Waals surface area contributed by atoms with Gasteiger partial charge in [0.1, 0.15) is 17.3 Å². The molecule has 0 unspecified atom stereocenters. The van der Waals surface area contributed by atoms with E-state index in [1.165, 1.54) is 12.1 Å². The smallest absolute Gasteiger partial charge is 0.242 e. The first-order valence-corrected chi connectivity index (χ1v) is 10.3. The standard InChI is InChI=1S/C20H19Cl2NO3S/c1-3-8-16-9-4-5-10-19(16)26-12-7-6-11-23-27(24,25)20-13-15(2)17(21)14-18(20)22/h3-5,9-10,13-14,23H,1,8,11-12H2,2H3. The van der Waals surface area contributed by atoms with E-state index in [1.54, 1.807) is 13.0 Å². The lowest BCUT2D eigenvalue weighted by Gasteiger charge is -2.08. The Kier molecular flexibility index (Phi) is 7.76. The lowest BCUT2D eigenvalue weighted by Crippen LogP contribution is -2.24. The number of allylic oxidation sites excluding steroid dienone is 1. The van der Waals surface area contributed by atoms with E-state index in [0.717, 1.165) is 11.3 Å². The summed E-state index contributed by atoms with van der Waals surface area (Å²) in [5.74, 6) is 6.24. The van der Waals surface area contributed by atoms with E-state index in [9.17, 15) is 8.42 Å². The number of benzene rings is 2. The maximum absolute atomic E-state index is 12.3. The number of nitrogens with one attached hydrogen (secondary N) is 1. The molecule has 7 heteroatoms. The summed E-state index contributed by atoms with van der Waals surface area (Å²) in [4.78, 5) is -0.0255. The second-order valence-electron chi connectivity index (χ2n) is 5.60. The van der Waals surface area contributed by atoms with E-state index >= 15 is 0 Å². The van der Waals surface area contributed by atoms with Crippen molar-refractivity contribution < 1.29 is 13.2 Å². The fraction of sp³-hybridized carbons (Fsp3) is 0.200. The Morgan fingerprint density at radius 2 is 1.93 bits per heavy atom. The highest BCUT2D eigenvalue weighted by molar-refractivity contribution is 7.89. The molecule has 0 atom stereocenters. The van der Waals surface area contributed by atoms with Gasteiger partial charge in [-0.25, -0.2) is 8.42 Å². The minimum atomic E-state index is -3.78. The molecule has 142 valence electrons. The fourth-order valence-corrected chi connectivity index (χ4v) is 3.99. The zero-order valence-electron chi connectivity index (χ0n) is 14.8. The van der Waals surface area contributed by atoms with Gasteiger partial charge in [0.05, 0.1) is 11.6 Å². The average molecular weight is 424 g/mol. The third-order valence-corrected chi connectivity index (χ3v) is 5.89. The van der Waals surface area contributed by atoms with Gasteiger partial charge in [-0.05, 0) is 42.7 Å². The SMILES string of the molecule is C=CCc1ccccc1OCC#CCNS(=O)(=O)c1cc(C)c(Cl)cc1Cl. The molecule has 0 fully saturated rings. The molecule has 1 N–H and O–H groups in total. The van der Waals surface area contributed by atoms with Crippen LogP contribution >= 0.6 is 23.2 Å². The van der Waals surface area contributed by atoms with Gasteiger partial charge in [0.15, 0.2) is 0 Å². The summed E-state index contributed by atoms with van der Waals surface area (Å²) in [6, 6.07) is 10.5. The largest absolute Gasteiger partial charge is 0.481 e. The molecule has 0 aromatic heterocycles. The first-order chi connectivity index (χ1) is 12.8. The van der Waals surface area contributed by atoms with E-state index in [0.29, 0.717) is 17.0 Å². The monoisotopic (exact) mass is 423 g/mol. The summed E-state index contributed by atoms with van der Waals surface area (Å²) in [5.41, 5.74) is 1.64. The van der Waals surface area contributed by atoms with Crippen LogP contribution in [0, 0.1) is 18.8 Å². The van der Waals surface area contributed by atoms with Crippen LogP contribution in [0.2, 0.25) is 10.0 Å². The Bertz CT molecular complexity index is 992. The van der Waals surface area contributed by atoms with Crippen LogP contribution in [0.15, 0.2) is 53.9 Å². The maximum atomic E-state index is 12.3. The van der Waals surface area contributed by atoms with Crippen molar-refractivity contribution in [3.63, 3.8) is 0 Å². The Labute approximate surface area is 170 Å². The normalized spacial score (nSPS) is 10.8. The van der Waals surface area contributed by atoms with E-state index < -0.39 is 10.0 Å². The van der Waals surface area contributed by atoms with Crippen LogP contribution in [-0.4, -0.2) is 21.6 Å². The van der Waals surface area contributed by atoms with Crippen LogP contribution in [0.25, 0.3) is 0 Å². The van der Waals surface area contributed by atoms with Crippen molar-refractivity contribution in [1.29, 1.82) is 0 Å². The highest BCUT2D eigenvalue weighted by Gasteiger charge is 2.18. The van der Waals surface area contributed by atoms with Crippen LogP contribution in [-0.2, 0) is 16.4 Å². The summed E-state index contributed by atoms with van der Waals surface area (Å²) in [6.07, 6.45) is 2.50. The fourth-order valence-electron chi connectivity index (χ4n) is 2.24. The van der Waals surface area contributed by atoms with Gasteiger partial charge in [0.2, 0.25) is 10.0 Å². The molecule has 0 radical (unpaired) electrons. The topological polar surface area (TPSA) is 55.4 Å². The van der Waals surface area contributed by atoms with Crippen molar-refractivity contribution in [3.05, 3.63) is 70.2 Å². The lowest BCUT2D eigenvalue weighted by atomic mass is 10.1. The van der Waals surface area contributed by atoms with Crippen molar-refractivity contribution >= 4 is 33.2 Å². The van der Waals surface area contributed by atoms with Crippen molar-refractivity contribution in [2.75, 3.05) is 13.2 Å². The summed E-state index contributed by atoms with van der Waals surface area (Å²) in [5, 5.41) is 0.473. The molecule has 4 nitrogen and oxygen atoms in total. The molecule has 0 aliphatic rings. The predicted molar refractivity (Wildman–Crippen MR) is 110 cm³/mol. The zero-order valence-corrected chi connectivity index (χ0v) is 17.1. The van der Waals surface area contributed by atoms with Gasteiger partial charge in [0, 0.05) is 5.02 Å². The van der Waals surface area contributed by atoms with E-state index in [4.69, 9.17) is 27.9 Å². The third-order valence-electron chi connectivity index (χ3n) is 3.61. The average Bonchev–Trinajstić information content (AvgIpc) is 2.62. The Balaban J connectivity index is 1.94. The highest BCUT2D eigenvalue weighted by atomic mass is 35.5. The van der Waals surface area contributed by atoms with Crippen molar-refractivity contribution in [2.24, 2.45) is 0 Å². The van der Waals surface area contributed by atoms with Gasteiger partial charge in [-0.2, -0.15) is 4.72 Å². The van der Waals surface area contributed by atoms with Crippen LogP contribution < -0.4 is 9.46 Å². The molecule has 0 heterocycles. The maximum Gasteiger partial charge on any atom is 0.242 e. The predicted octanol–water partition coefficient (Wildman–Crippen LogP) is 4.39. The van der Waals surface area contributed by atoms with Crippen molar-refractivity contribution in [2.45, 2.75) is 18.2 Å².